The van der Waals surface area contributed by atoms with Crippen molar-refractivity contribution < 1.29 is 17.9 Å². The first kappa shape index (κ1) is 18.9. The molecule has 1 heterocycles. The molecule has 0 aliphatic carbocycles. The Hall–Kier alpha value is -1.86. The smallest absolute Gasteiger partial charge is 0.258 e. The predicted octanol–water partition coefficient (Wildman–Crippen LogP) is 3.80. The van der Waals surface area contributed by atoms with Gasteiger partial charge in [-0.3, -0.25) is 4.79 Å². The van der Waals surface area contributed by atoms with Gasteiger partial charge < -0.3 is 9.64 Å². The van der Waals surface area contributed by atoms with Gasteiger partial charge in [0.1, 0.15) is 5.75 Å². The van der Waals surface area contributed by atoms with E-state index in [-0.39, 0.29) is 22.5 Å². The highest BCUT2D eigenvalue weighted by Crippen LogP contribution is 2.30. The van der Waals surface area contributed by atoms with E-state index in [9.17, 15) is 13.2 Å². The summed E-state index contributed by atoms with van der Waals surface area (Å²) in [6.45, 7) is 4.70. The van der Waals surface area contributed by atoms with Crippen molar-refractivity contribution in [1.29, 1.82) is 0 Å². The van der Waals surface area contributed by atoms with E-state index in [0.29, 0.717) is 18.8 Å². The molecule has 0 saturated carbocycles. The molecule has 7 heteroatoms. The molecule has 0 spiro atoms. The molecule has 1 aliphatic heterocycles. The van der Waals surface area contributed by atoms with E-state index in [2.05, 4.69) is 15.9 Å². The van der Waals surface area contributed by atoms with Gasteiger partial charge in [0.2, 0.25) is 0 Å². The van der Waals surface area contributed by atoms with Gasteiger partial charge in [0.05, 0.1) is 16.6 Å². The van der Waals surface area contributed by atoms with E-state index in [1.807, 2.05) is 32.0 Å². The Morgan fingerprint density at radius 1 is 1.12 bits per heavy atom. The minimum absolute atomic E-state index is 0.108. The molecule has 2 aromatic carbocycles. The fourth-order valence-corrected chi connectivity index (χ4v) is 4.00. The number of carbonyl (C=O) groups is 1. The Balaban J connectivity index is 1.97. The molecule has 0 atom stereocenters. The first-order chi connectivity index (χ1) is 12.1. The van der Waals surface area contributed by atoms with E-state index >= 15 is 0 Å². The Bertz CT molecular complexity index is 969. The number of sulfone groups is 1. The molecule has 0 bridgehead atoms. The van der Waals surface area contributed by atoms with E-state index < -0.39 is 9.84 Å². The second-order valence-corrected chi connectivity index (χ2v) is 9.60. The van der Waals surface area contributed by atoms with Crippen molar-refractivity contribution in [3.63, 3.8) is 0 Å². The minimum atomic E-state index is -3.42. The maximum atomic E-state index is 13.1. The summed E-state index contributed by atoms with van der Waals surface area (Å²) in [4.78, 5) is 14.9. The first-order valence-corrected chi connectivity index (χ1v) is 10.9. The third-order valence-electron chi connectivity index (χ3n) is 4.15. The fourth-order valence-electron chi connectivity index (χ4n) is 2.94. The van der Waals surface area contributed by atoms with Crippen molar-refractivity contribution in [2.75, 3.05) is 6.26 Å². The van der Waals surface area contributed by atoms with Crippen molar-refractivity contribution in [2.24, 2.45) is 0 Å². The lowest BCUT2D eigenvalue weighted by Gasteiger charge is -2.20. The lowest BCUT2D eigenvalue weighted by molar-refractivity contribution is 0.0745. The van der Waals surface area contributed by atoms with Gasteiger partial charge in [-0.1, -0.05) is 22.0 Å². The molecule has 0 N–H and O–H groups in total. The highest BCUT2D eigenvalue weighted by molar-refractivity contribution is 9.10. The molecule has 0 aromatic heterocycles. The zero-order chi connectivity index (χ0) is 19.1. The molecule has 0 fully saturated rings. The van der Waals surface area contributed by atoms with Gasteiger partial charge >= 0.3 is 0 Å². The van der Waals surface area contributed by atoms with Crippen LogP contribution in [-0.4, -0.2) is 31.6 Å². The number of fused-ring (bicyclic) bond motifs is 1. The predicted molar refractivity (Wildman–Crippen MR) is 103 cm³/mol. The highest BCUT2D eigenvalue weighted by atomic mass is 79.9. The summed E-state index contributed by atoms with van der Waals surface area (Å²) in [5.41, 5.74) is 2.44. The van der Waals surface area contributed by atoms with Gasteiger partial charge in [0, 0.05) is 23.8 Å². The largest absolute Gasteiger partial charge is 0.490 e. The van der Waals surface area contributed by atoms with Crippen LogP contribution in [0, 0.1) is 0 Å². The van der Waals surface area contributed by atoms with Crippen LogP contribution in [0.4, 0.5) is 0 Å². The van der Waals surface area contributed by atoms with Crippen molar-refractivity contribution in [2.45, 2.75) is 37.9 Å². The third-order valence-corrected chi connectivity index (χ3v) is 5.75. The molecule has 1 aliphatic rings. The van der Waals surface area contributed by atoms with Crippen LogP contribution in [0.3, 0.4) is 0 Å². The average Bonchev–Trinajstić information content (AvgIpc) is 2.96. The number of halogens is 1. The Morgan fingerprint density at radius 2 is 1.81 bits per heavy atom. The van der Waals surface area contributed by atoms with E-state index in [1.54, 1.807) is 11.0 Å². The number of rotatable bonds is 4. The van der Waals surface area contributed by atoms with E-state index in [1.165, 1.54) is 12.1 Å². The molecule has 138 valence electrons. The van der Waals surface area contributed by atoms with Crippen LogP contribution in [0.25, 0.3) is 0 Å². The number of nitrogens with zero attached hydrogens (tertiary/aromatic N) is 1. The summed E-state index contributed by atoms with van der Waals surface area (Å²) < 4.78 is 30.5. The molecule has 3 rings (SSSR count). The molecule has 26 heavy (non-hydrogen) atoms. The first-order valence-electron chi connectivity index (χ1n) is 8.22. The third kappa shape index (κ3) is 3.94. The van der Waals surface area contributed by atoms with Gasteiger partial charge in [0.15, 0.2) is 9.84 Å². The average molecular weight is 438 g/mol. The van der Waals surface area contributed by atoms with Crippen LogP contribution in [0.5, 0.6) is 5.75 Å². The standard InChI is InChI=1S/C19H20BrNO4S/c1-12(2)25-18-7-6-16(26(3,23)24)9-17(18)19(22)21-10-13-4-5-15(20)8-14(13)11-21/h4-9,12H,10-11H2,1-3H3. The summed E-state index contributed by atoms with van der Waals surface area (Å²) in [5, 5.41) is 0. The Labute approximate surface area is 162 Å². The van der Waals surface area contributed by atoms with Gasteiger partial charge in [0.25, 0.3) is 5.91 Å². The molecule has 0 radical (unpaired) electrons. The van der Waals surface area contributed by atoms with Crippen LogP contribution in [0.15, 0.2) is 45.8 Å². The van der Waals surface area contributed by atoms with Crippen LogP contribution in [0.1, 0.15) is 35.3 Å². The van der Waals surface area contributed by atoms with Crippen LogP contribution >= 0.6 is 15.9 Å². The van der Waals surface area contributed by atoms with E-state index in [0.717, 1.165) is 21.9 Å². The minimum Gasteiger partial charge on any atom is -0.490 e. The molecule has 2 aromatic rings. The zero-order valence-corrected chi connectivity index (χ0v) is 17.2. The fraction of sp³-hybridized carbons (Fsp3) is 0.316. The Morgan fingerprint density at radius 3 is 2.46 bits per heavy atom. The summed E-state index contributed by atoms with van der Waals surface area (Å²) in [7, 11) is -3.42. The number of amides is 1. The maximum Gasteiger partial charge on any atom is 0.258 e. The lowest BCUT2D eigenvalue weighted by Crippen LogP contribution is -2.26. The summed E-state index contributed by atoms with van der Waals surface area (Å²) in [5.74, 6) is 0.160. The number of ether oxygens (including phenoxy) is 1. The molecule has 1 amide bonds. The molecule has 0 unspecified atom stereocenters. The van der Waals surface area contributed by atoms with Gasteiger partial charge in [-0.2, -0.15) is 0 Å². The normalized spacial score (nSPS) is 13.8. The quantitative estimate of drug-likeness (QED) is 0.729. The zero-order valence-electron chi connectivity index (χ0n) is 14.8. The molecular weight excluding hydrogens is 418 g/mol. The monoisotopic (exact) mass is 437 g/mol. The molecular formula is C19H20BrNO4S. The summed E-state index contributed by atoms with van der Waals surface area (Å²) >= 11 is 3.45. The number of carbonyl (C=O) groups excluding carboxylic acids is 1. The van der Waals surface area contributed by atoms with E-state index in [4.69, 9.17) is 4.74 Å². The second-order valence-electron chi connectivity index (χ2n) is 6.67. The van der Waals surface area contributed by atoms with Gasteiger partial charge in [-0.25, -0.2) is 8.42 Å². The van der Waals surface area contributed by atoms with Crippen LogP contribution in [-0.2, 0) is 22.9 Å². The second kappa shape index (κ2) is 7.04. The van der Waals surface area contributed by atoms with Crippen molar-refractivity contribution in [3.8, 4) is 5.75 Å². The summed E-state index contributed by atoms with van der Waals surface area (Å²) in [6, 6.07) is 10.4. The SMILES string of the molecule is CC(C)Oc1ccc(S(C)(=O)=O)cc1C(=O)N1Cc2ccc(Br)cc2C1. The van der Waals surface area contributed by atoms with Crippen molar-refractivity contribution in [3.05, 3.63) is 57.6 Å². The number of hydrogen-bond acceptors (Lipinski definition) is 4. The highest BCUT2D eigenvalue weighted by Gasteiger charge is 2.27. The number of hydrogen-bond donors (Lipinski definition) is 0. The molecule has 5 nitrogen and oxygen atoms in total. The van der Waals surface area contributed by atoms with Gasteiger partial charge in [-0.15, -0.1) is 0 Å². The topological polar surface area (TPSA) is 63.7 Å². The van der Waals surface area contributed by atoms with Crippen molar-refractivity contribution >= 4 is 31.7 Å². The van der Waals surface area contributed by atoms with Crippen LogP contribution < -0.4 is 4.74 Å². The summed E-state index contributed by atoms with van der Waals surface area (Å²) in [6.07, 6.45) is 1.00. The lowest BCUT2D eigenvalue weighted by atomic mass is 10.1. The van der Waals surface area contributed by atoms with Crippen LogP contribution in [0.2, 0.25) is 0 Å². The molecule has 0 saturated heterocycles. The number of benzene rings is 2. The maximum absolute atomic E-state index is 13.1. The Kier molecular flexibility index (Phi) is 5.12. The van der Waals surface area contributed by atoms with Gasteiger partial charge in [-0.05, 0) is 55.3 Å². The van der Waals surface area contributed by atoms with Crippen molar-refractivity contribution in [1.82, 2.24) is 4.90 Å².